The Morgan fingerprint density at radius 2 is 2.00 bits per heavy atom. The summed E-state index contributed by atoms with van der Waals surface area (Å²) >= 11 is 0. The number of ether oxygens (including phenoxy) is 1. The van der Waals surface area contributed by atoms with Crippen LogP contribution in [0.3, 0.4) is 0 Å². The fourth-order valence-corrected chi connectivity index (χ4v) is 1.85. The minimum absolute atomic E-state index is 0.104. The van der Waals surface area contributed by atoms with E-state index in [9.17, 15) is 9.18 Å². The third-order valence-electron chi connectivity index (χ3n) is 3.02. The van der Waals surface area contributed by atoms with Crippen LogP contribution in [0.15, 0.2) is 48.5 Å². The van der Waals surface area contributed by atoms with E-state index < -0.39 is 5.82 Å². The molecule has 0 fully saturated rings. The van der Waals surface area contributed by atoms with Gasteiger partial charge in [-0.1, -0.05) is 30.3 Å². The van der Waals surface area contributed by atoms with Gasteiger partial charge in [-0.2, -0.15) is 0 Å². The number of carbonyl (C=O) groups is 1. The van der Waals surface area contributed by atoms with Crippen LogP contribution in [-0.4, -0.2) is 12.5 Å². The molecule has 0 aliphatic heterocycles. The monoisotopic (exact) mass is 288 g/mol. The normalized spacial score (nSPS) is 11.9. The maximum absolute atomic E-state index is 12.9. The number of rotatable bonds is 5. The first-order valence-electron chi connectivity index (χ1n) is 6.57. The Balaban J connectivity index is 1.87. The molecule has 110 valence electrons. The topological polar surface area (TPSA) is 64.3 Å². The van der Waals surface area contributed by atoms with Gasteiger partial charge in [0.15, 0.2) is 0 Å². The lowest BCUT2D eigenvalue weighted by Gasteiger charge is -2.14. The highest BCUT2D eigenvalue weighted by Gasteiger charge is 2.10. The number of hydrogen-bond donors (Lipinski definition) is 2. The highest BCUT2D eigenvalue weighted by atomic mass is 19.1. The van der Waals surface area contributed by atoms with Crippen LogP contribution < -0.4 is 11.1 Å². The zero-order chi connectivity index (χ0) is 15.2. The molecule has 0 spiro atoms. The summed E-state index contributed by atoms with van der Waals surface area (Å²) < 4.78 is 18.4. The van der Waals surface area contributed by atoms with Gasteiger partial charge in [-0.05, 0) is 30.7 Å². The molecule has 5 heteroatoms. The number of carbonyl (C=O) groups excluding carboxylic acids is 1. The Morgan fingerprint density at radius 3 is 2.67 bits per heavy atom. The van der Waals surface area contributed by atoms with Crippen LogP contribution in [0.4, 0.5) is 15.8 Å². The van der Waals surface area contributed by atoms with E-state index in [0.29, 0.717) is 5.69 Å². The van der Waals surface area contributed by atoms with E-state index in [1.165, 1.54) is 12.1 Å². The van der Waals surface area contributed by atoms with Crippen molar-refractivity contribution in [2.24, 2.45) is 0 Å². The summed E-state index contributed by atoms with van der Waals surface area (Å²) in [6, 6.07) is 13.4. The number of benzene rings is 2. The molecule has 3 N–H and O–H groups in total. The predicted octanol–water partition coefficient (Wildman–Crippen LogP) is 3.12. The minimum Gasteiger partial charge on any atom is -0.397 e. The van der Waals surface area contributed by atoms with Gasteiger partial charge in [0.2, 0.25) is 5.91 Å². The lowest BCUT2D eigenvalue weighted by atomic mass is 10.1. The minimum atomic E-state index is -0.445. The SMILES string of the molecule is CC(OCC(=O)Nc1ccc(F)cc1N)c1ccccc1. The average molecular weight is 288 g/mol. The van der Waals surface area contributed by atoms with E-state index in [1.54, 1.807) is 0 Å². The van der Waals surface area contributed by atoms with Crippen LogP contribution in [0, 0.1) is 5.82 Å². The Labute approximate surface area is 122 Å². The summed E-state index contributed by atoms with van der Waals surface area (Å²) in [6.07, 6.45) is -0.192. The van der Waals surface area contributed by atoms with Crippen molar-refractivity contribution in [2.75, 3.05) is 17.7 Å². The lowest BCUT2D eigenvalue weighted by Crippen LogP contribution is -2.20. The molecule has 1 amide bonds. The van der Waals surface area contributed by atoms with Gasteiger partial charge in [0.05, 0.1) is 17.5 Å². The van der Waals surface area contributed by atoms with Crippen molar-refractivity contribution < 1.29 is 13.9 Å². The van der Waals surface area contributed by atoms with Crippen LogP contribution in [0.25, 0.3) is 0 Å². The fraction of sp³-hybridized carbons (Fsp3) is 0.188. The van der Waals surface area contributed by atoms with E-state index in [-0.39, 0.29) is 24.3 Å². The smallest absolute Gasteiger partial charge is 0.250 e. The number of nitrogen functional groups attached to an aromatic ring is 1. The molecule has 21 heavy (non-hydrogen) atoms. The number of anilines is 2. The predicted molar refractivity (Wildman–Crippen MR) is 80.3 cm³/mol. The summed E-state index contributed by atoms with van der Waals surface area (Å²) in [6.45, 7) is 1.77. The van der Waals surface area contributed by atoms with Crippen LogP contribution >= 0.6 is 0 Å². The molecular weight excluding hydrogens is 271 g/mol. The Bertz CT molecular complexity index is 617. The molecule has 0 saturated carbocycles. The zero-order valence-corrected chi connectivity index (χ0v) is 11.7. The van der Waals surface area contributed by atoms with Gasteiger partial charge in [-0.15, -0.1) is 0 Å². The van der Waals surface area contributed by atoms with Gasteiger partial charge in [-0.25, -0.2) is 4.39 Å². The van der Waals surface area contributed by atoms with Crippen molar-refractivity contribution >= 4 is 17.3 Å². The Kier molecular flexibility index (Phi) is 4.90. The van der Waals surface area contributed by atoms with Crippen molar-refractivity contribution in [2.45, 2.75) is 13.0 Å². The molecule has 1 unspecified atom stereocenters. The van der Waals surface area contributed by atoms with Crippen LogP contribution in [0.2, 0.25) is 0 Å². The molecule has 2 rings (SSSR count). The molecule has 2 aromatic carbocycles. The molecule has 4 nitrogen and oxygen atoms in total. The van der Waals surface area contributed by atoms with E-state index in [1.807, 2.05) is 37.3 Å². The number of nitrogens with one attached hydrogen (secondary N) is 1. The van der Waals surface area contributed by atoms with E-state index in [0.717, 1.165) is 11.6 Å². The fourth-order valence-electron chi connectivity index (χ4n) is 1.85. The molecular formula is C16H17FN2O2. The molecule has 2 aromatic rings. The number of halogens is 1. The number of nitrogens with two attached hydrogens (primary N) is 1. The Hall–Kier alpha value is -2.40. The molecule has 0 bridgehead atoms. The van der Waals surface area contributed by atoms with Crippen molar-refractivity contribution in [3.63, 3.8) is 0 Å². The maximum atomic E-state index is 12.9. The van der Waals surface area contributed by atoms with Gasteiger partial charge >= 0.3 is 0 Å². The lowest BCUT2D eigenvalue weighted by molar-refractivity contribution is -0.122. The van der Waals surface area contributed by atoms with Crippen molar-refractivity contribution in [1.29, 1.82) is 0 Å². The second kappa shape index (κ2) is 6.85. The van der Waals surface area contributed by atoms with Crippen LogP contribution in [0.1, 0.15) is 18.6 Å². The average Bonchev–Trinajstić information content (AvgIpc) is 2.48. The quantitative estimate of drug-likeness (QED) is 0.831. The third kappa shape index (κ3) is 4.29. The van der Waals surface area contributed by atoms with Gasteiger partial charge in [0.25, 0.3) is 0 Å². The molecule has 0 aliphatic rings. The van der Waals surface area contributed by atoms with Crippen molar-refractivity contribution in [3.8, 4) is 0 Å². The molecule has 0 aromatic heterocycles. The van der Waals surface area contributed by atoms with Crippen LogP contribution in [-0.2, 0) is 9.53 Å². The highest BCUT2D eigenvalue weighted by molar-refractivity contribution is 5.94. The standard InChI is InChI=1S/C16H17FN2O2/c1-11(12-5-3-2-4-6-12)21-10-16(20)19-15-8-7-13(17)9-14(15)18/h2-9,11H,10,18H2,1H3,(H,19,20). The first-order valence-corrected chi connectivity index (χ1v) is 6.57. The first-order chi connectivity index (χ1) is 10.1. The van der Waals surface area contributed by atoms with Crippen LogP contribution in [0.5, 0.6) is 0 Å². The zero-order valence-electron chi connectivity index (χ0n) is 11.7. The second-order valence-corrected chi connectivity index (χ2v) is 4.64. The second-order valence-electron chi connectivity index (χ2n) is 4.64. The highest BCUT2D eigenvalue weighted by Crippen LogP contribution is 2.19. The Morgan fingerprint density at radius 1 is 1.29 bits per heavy atom. The first kappa shape index (κ1) is 15.0. The molecule has 0 saturated heterocycles. The molecule has 1 atom stereocenters. The summed E-state index contributed by atoms with van der Waals surface area (Å²) in [4.78, 5) is 11.8. The number of amides is 1. The van der Waals surface area contributed by atoms with Crippen molar-refractivity contribution in [1.82, 2.24) is 0 Å². The van der Waals surface area contributed by atoms with Gasteiger partial charge in [0, 0.05) is 0 Å². The van der Waals surface area contributed by atoms with Gasteiger partial charge in [0.1, 0.15) is 12.4 Å². The number of hydrogen-bond acceptors (Lipinski definition) is 3. The molecule has 0 heterocycles. The van der Waals surface area contributed by atoms with E-state index in [4.69, 9.17) is 10.5 Å². The largest absolute Gasteiger partial charge is 0.397 e. The van der Waals surface area contributed by atoms with E-state index >= 15 is 0 Å². The summed E-state index contributed by atoms with van der Waals surface area (Å²) in [5.74, 6) is -0.782. The molecule has 0 aliphatic carbocycles. The maximum Gasteiger partial charge on any atom is 0.250 e. The summed E-state index contributed by atoms with van der Waals surface area (Å²) in [5, 5.41) is 2.59. The molecule has 0 radical (unpaired) electrons. The third-order valence-corrected chi connectivity index (χ3v) is 3.02. The van der Waals surface area contributed by atoms with E-state index in [2.05, 4.69) is 5.32 Å². The summed E-state index contributed by atoms with van der Waals surface area (Å²) in [7, 11) is 0. The van der Waals surface area contributed by atoms with Gasteiger partial charge in [-0.3, -0.25) is 4.79 Å². The van der Waals surface area contributed by atoms with Gasteiger partial charge < -0.3 is 15.8 Å². The van der Waals surface area contributed by atoms with Crippen molar-refractivity contribution in [3.05, 3.63) is 59.9 Å². The summed E-state index contributed by atoms with van der Waals surface area (Å²) in [5.41, 5.74) is 7.17.